The first-order valence-corrected chi connectivity index (χ1v) is 9.86. The van der Waals surface area contributed by atoms with E-state index in [4.69, 9.17) is 10.5 Å². The van der Waals surface area contributed by atoms with Crippen molar-refractivity contribution in [2.45, 2.75) is 53.5 Å². The van der Waals surface area contributed by atoms with Crippen LogP contribution in [0.25, 0.3) is 16.8 Å². The zero-order valence-electron chi connectivity index (χ0n) is 17.3. The lowest BCUT2D eigenvalue weighted by Crippen LogP contribution is -2.15. The average Bonchev–Trinajstić information content (AvgIpc) is 3.03. The number of ether oxygens (including phenoxy) is 1. The molecule has 3 aromatic rings. The van der Waals surface area contributed by atoms with Gasteiger partial charge in [0, 0.05) is 11.6 Å². The number of rotatable bonds is 6. The van der Waals surface area contributed by atoms with Gasteiger partial charge in [-0.1, -0.05) is 45.0 Å². The van der Waals surface area contributed by atoms with Crippen molar-refractivity contribution in [2.24, 2.45) is 11.7 Å². The Hall–Kier alpha value is -2.33. The van der Waals surface area contributed by atoms with Gasteiger partial charge in [-0.2, -0.15) is 5.10 Å². The lowest BCUT2D eigenvalue weighted by molar-refractivity contribution is 0.338. The number of nitrogens with two attached hydrogens (primary N) is 1. The zero-order chi connectivity index (χ0) is 19.8. The molecule has 0 amide bonds. The lowest BCUT2D eigenvalue weighted by atomic mass is 10.0. The minimum Gasteiger partial charge on any atom is -0.492 e. The maximum atomic E-state index is 5.81. The third-order valence-corrected chi connectivity index (χ3v) is 3.88. The van der Waals surface area contributed by atoms with E-state index in [0.717, 1.165) is 41.3 Å². The molecule has 146 valence electrons. The Kier molecular flexibility index (Phi) is 7.86. The molecule has 1 atom stereocenters. The third kappa shape index (κ3) is 6.72. The van der Waals surface area contributed by atoms with Gasteiger partial charge in [-0.25, -0.2) is 4.52 Å². The number of fused-ring (bicyclic) bond motifs is 1. The van der Waals surface area contributed by atoms with E-state index in [2.05, 4.69) is 56.2 Å². The third-order valence-electron chi connectivity index (χ3n) is 3.88. The summed E-state index contributed by atoms with van der Waals surface area (Å²) in [4.78, 5) is 0. The molecule has 27 heavy (non-hydrogen) atoms. The molecule has 0 aliphatic rings. The van der Waals surface area contributed by atoms with E-state index in [1.54, 1.807) is 0 Å². The summed E-state index contributed by atoms with van der Waals surface area (Å²) in [6.07, 6.45) is 3.94. The molecule has 1 aromatic carbocycles. The molecule has 0 spiro atoms. The van der Waals surface area contributed by atoms with Crippen LogP contribution in [0.3, 0.4) is 0 Å². The number of nitrogens with zero attached hydrogens (tertiary/aromatic N) is 2. The van der Waals surface area contributed by atoms with E-state index in [1.165, 1.54) is 5.56 Å². The summed E-state index contributed by atoms with van der Waals surface area (Å²) >= 11 is 0. The largest absolute Gasteiger partial charge is 0.492 e. The summed E-state index contributed by atoms with van der Waals surface area (Å²) in [7, 11) is 0. The molecular weight excluding hydrogens is 334 g/mol. The van der Waals surface area contributed by atoms with Gasteiger partial charge >= 0.3 is 0 Å². The SMILES string of the molecule is CC(C)C.CCOc1ccc2cc(-c3ccc(CC[C@H](C)N)cc3)nn2c1. The highest BCUT2D eigenvalue weighted by atomic mass is 16.5. The predicted molar refractivity (Wildman–Crippen MR) is 114 cm³/mol. The van der Waals surface area contributed by atoms with Gasteiger partial charge in [0.1, 0.15) is 5.75 Å². The molecule has 4 heteroatoms. The van der Waals surface area contributed by atoms with Crippen LogP contribution in [-0.2, 0) is 6.42 Å². The first-order valence-electron chi connectivity index (χ1n) is 9.86. The highest BCUT2D eigenvalue weighted by Gasteiger charge is 2.06. The molecule has 4 nitrogen and oxygen atoms in total. The Labute approximate surface area is 163 Å². The van der Waals surface area contributed by atoms with Crippen molar-refractivity contribution in [3.8, 4) is 17.0 Å². The highest BCUT2D eigenvalue weighted by molar-refractivity contribution is 5.66. The van der Waals surface area contributed by atoms with Crippen LogP contribution in [0.4, 0.5) is 0 Å². The Morgan fingerprint density at radius 2 is 1.70 bits per heavy atom. The number of benzene rings is 1. The lowest BCUT2D eigenvalue weighted by Gasteiger charge is -2.05. The summed E-state index contributed by atoms with van der Waals surface area (Å²) in [5.41, 5.74) is 10.3. The van der Waals surface area contributed by atoms with Gasteiger partial charge in [0.15, 0.2) is 0 Å². The second-order valence-corrected chi connectivity index (χ2v) is 7.64. The summed E-state index contributed by atoms with van der Waals surface area (Å²) < 4.78 is 7.39. The van der Waals surface area contributed by atoms with E-state index in [0.29, 0.717) is 6.61 Å². The van der Waals surface area contributed by atoms with Crippen molar-refractivity contribution in [1.82, 2.24) is 9.61 Å². The molecule has 0 aliphatic heterocycles. The molecule has 2 heterocycles. The van der Waals surface area contributed by atoms with E-state index < -0.39 is 0 Å². The number of pyridine rings is 1. The Morgan fingerprint density at radius 1 is 1.04 bits per heavy atom. The molecule has 0 aliphatic carbocycles. The Balaban J connectivity index is 0.000000596. The Bertz CT molecular complexity index is 817. The first-order chi connectivity index (χ1) is 12.9. The van der Waals surface area contributed by atoms with Crippen molar-refractivity contribution in [2.75, 3.05) is 6.61 Å². The smallest absolute Gasteiger partial charge is 0.137 e. The van der Waals surface area contributed by atoms with E-state index in [-0.39, 0.29) is 6.04 Å². The van der Waals surface area contributed by atoms with E-state index in [1.807, 2.05) is 36.7 Å². The van der Waals surface area contributed by atoms with Crippen LogP contribution in [-0.4, -0.2) is 22.3 Å². The number of aryl methyl sites for hydroxylation is 1. The molecule has 3 rings (SSSR count). The fraction of sp³-hybridized carbons (Fsp3) is 0.435. The molecule has 0 radical (unpaired) electrons. The minimum atomic E-state index is 0.243. The van der Waals surface area contributed by atoms with Gasteiger partial charge in [-0.3, -0.25) is 0 Å². The zero-order valence-corrected chi connectivity index (χ0v) is 17.3. The van der Waals surface area contributed by atoms with Crippen LogP contribution in [0.2, 0.25) is 0 Å². The maximum Gasteiger partial charge on any atom is 0.137 e. The highest BCUT2D eigenvalue weighted by Crippen LogP contribution is 2.22. The number of hydrogen-bond acceptors (Lipinski definition) is 3. The standard InChI is InChI=1S/C19H23N3O.C4H10/c1-3-23-18-11-10-17-12-19(21-22(17)13-18)16-8-6-15(7-9-16)5-4-14(2)20;1-4(2)3/h6-14H,3-5,20H2,1-2H3;4H,1-3H3/t14-;/m0./s1. The fourth-order valence-electron chi connectivity index (χ4n) is 2.60. The Morgan fingerprint density at radius 3 is 2.30 bits per heavy atom. The van der Waals surface area contributed by atoms with Gasteiger partial charge in [0.05, 0.1) is 24.0 Å². The summed E-state index contributed by atoms with van der Waals surface area (Å²) in [6, 6.07) is 14.9. The summed E-state index contributed by atoms with van der Waals surface area (Å²) in [5, 5.41) is 4.65. The maximum absolute atomic E-state index is 5.81. The van der Waals surface area contributed by atoms with Crippen molar-refractivity contribution in [3.63, 3.8) is 0 Å². The number of hydrogen-bond donors (Lipinski definition) is 1. The van der Waals surface area contributed by atoms with Gasteiger partial charge in [-0.15, -0.1) is 0 Å². The average molecular weight is 368 g/mol. The molecule has 2 aromatic heterocycles. The van der Waals surface area contributed by atoms with Crippen LogP contribution in [0, 0.1) is 5.92 Å². The summed E-state index contributed by atoms with van der Waals surface area (Å²) in [5.74, 6) is 1.67. The van der Waals surface area contributed by atoms with Crippen molar-refractivity contribution in [1.29, 1.82) is 0 Å². The van der Waals surface area contributed by atoms with Gasteiger partial charge in [-0.05, 0) is 56.4 Å². The van der Waals surface area contributed by atoms with Crippen LogP contribution < -0.4 is 10.5 Å². The van der Waals surface area contributed by atoms with Gasteiger partial charge in [0.25, 0.3) is 0 Å². The van der Waals surface area contributed by atoms with E-state index >= 15 is 0 Å². The van der Waals surface area contributed by atoms with Gasteiger partial charge in [0.2, 0.25) is 0 Å². The fourth-order valence-corrected chi connectivity index (χ4v) is 2.60. The van der Waals surface area contributed by atoms with E-state index in [9.17, 15) is 0 Å². The summed E-state index contributed by atoms with van der Waals surface area (Å²) in [6.45, 7) is 11.2. The second-order valence-electron chi connectivity index (χ2n) is 7.64. The van der Waals surface area contributed by atoms with Crippen molar-refractivity contribution >= 4 is 5.52 Å². The van der Waals surface area contributed by atoms with Crippen LogP contribution in [0.1, 0.15) is 46.6 Å². The monoisotopic (exact) mass is 367 g/mol. The first kappa shape index (κ1) is 21.0. The molecule has 0 unspecified atom stereocenters. The predicted octanol–water partition coefficient (Wildman–Crippen LogP) is 5.34. The van der Waals surface area contributed by atoms with Crippen molar-refractivity contribution < 1.29 is 4.74 Å². The molecular formula is C23H33N3O. The van der Waals surface area contributed by atoms with Crippen LogP contribution >= 0.6 is 0 Å². The minimum absolute atomic E-state index is 0.243. The normalized spacial score (nSPS) is 12.0. The molecule has 0 fully saturated rings. The molecule has 0 saturated carbocycles. The van der Waals surface area contributed by atoms with Crippen LogP contribution in [0.5, 0.6) is 5.75 Å². The van der Waals surface area contributed by atoms with Crippen molar-refractivity contribution in [3.05, 3.63) is 54.2 Å². The topological polar surface area (TPSA) is 52.5 Å². The number of aromatic nitrogens is 2. The van der Waals surface area contributed by atoms with Crippen LogP contribution in [0.15, 0.2) is 48.7 Å². The van der Waals surface area contributed by atoms with Gasteiger partial charge < -0.3 is 10.5 Å². The quantitative estimate of drug-likeness (QED) is 0.639. The molecule has 0 saturated heterocycles. The second kappa shape index (κ2) is 10.1. The molecule has 2 N–H and O–H groups in total. The molecule has 0 bridgehead atoms.